The lowest BCUT2D eigenvalue weighted by Gasteiger charge is -2.39. The quantitative estimate of drug-likeness (QED) is 0.659. The van der Waals surface area contributed by atoms with E-state index < -0.39 is 0 Å². The van der Waals surface area contributed by atoms with Crippen molar-refractivity contribution < 1.29 is 4.79 Å². The Hall–Kier alpha value is -0.570. The van der Waals surface area contributed by atoms with Gasteiger partial charge in [-0.1, -0.05) is 6.92 Å². The minimum Gasteiger partial charge on any atom is -0.345 e. The molecule has 0 radical (unpaired) electrons. The monoisotopic (exact) mass is 170 g/mol. The molecule has 0 spiro atoms. The van der Waals surface area contributed by atoms with Crippen molar-refractivity contribution in [1.82, 2.24) is 4.90 Å². The zero-order valence-electron chi connectivity index (χ0n) is 7.97. The zero-order chi connectivity index (χ0) is 9.19. The fraction of sp³-hybridized carbons (Fsp3) is 0.889. The number of piperidine rings is 1. The van der Waals surface area contributed by atoms with Gasteiger partial charge in [-0.2, -0.15) is 0 Å². The Bertz CT molecular complexity index is 175. The minimum absolute atomic E-state index is 0.197. The normalized spacial score (nSPS) is 30.9. The fourth-order valence-corrected chi connectivity index (χ4v) is 1.83. The van der Waals surface area contributed by atoms with Gasteiger partial charge in [0.25, 0.3) is 0 Å². The second kappa shape index (κ2) is 3.44. The van der Waals surface area contributed by atoms with E-state index in [4.69, 9.17) is 5.73 Å². The number of nitrogens with zero attached hydrogens (tertiary/aromatic N) is 1. The first kappa shape index (κ1) is 9.52. The molecular formula is C9H18N2O. The number of likely N-dealkylation sites (tertiary alicyclic amines) is 1. The molecular weight excluding hydrogens is 152 g/mol. The second-order valence-corrected chi connectivity index (χ2v) is 3.81. The summed E-state index contributed by atoms with van der Waals surface area (Å²) < 4.78 is 0. The number of hydrogen-bond donors (Lipinski definition) is 1. The van der Waals surface area contributed by atoms with E-state index in [0.717, 1.165) is 19.4 Å². The average Bonchev–Trinajstić information content (AvgIpc) is 2.10. The Labute approximate surface area is 73.9 Å². The molecule has 1 aliphatic rings. The highest BCUT2D eigenvalue weighted by molar-refractivity contribution is 5.76. The van der Waals surface area contributed by atoms with Crippen LogP contribution < -0.4 is 5.73 Å². The molecule has 0 bridgehead atoms. The molecule has 1 fully saturated rings. The summed E-state index contributed by atoms with van der Waals surface area (Å²) in [5, 5.41) is 0. The Morgan fingerprint density at radius 2 is 2.33 bits per heavy atom. The van der Waals surface area contributed by atoms with Crippen LogP contribution in [0.4, 0.5) is 0 Å². The highest BCUT2D eigenvalue weighted by Crippen LogP contribution is 2.31. The lowest BCUT2D eigenvalue weighted by atomic mass is 9.78. The first-order valence-electron chi connectivity index (χ1n) is 4.57. The average molecular weight is 170 g/mol. The Morgan fingerprint density at radius 3 is 2.75 bits per heavy atom. The van der Waals surface area contributed by atoms with Gasteiger partial charge < -0.3 is 10.6 Å². The maximum Gasteiger partial charge on any atom is 0.222 e. The molecule has 3 heteroatoms. The van der Waals surface area contributed by atoms with Crippen LogP contribution in [-0.4, -0.2) is 30.9 Å². The first-order chi connectivity index (χ1) is 5.63. The Balaban J connectivity index is 2.64. The van der Waals surface area contributed by atoms with Crippen molar-refractivity contribution >= 4 is 5.91 Å². The molecule has 1 rings (SSSR count). The van der Waals surface area contributed by atoms with E-state index in [-0.39, 0.29) is 11.3 Å². The van der Waals surface area contributed by atoms with Crippen molar-refractivity contribution in [2.45, 2.75) is 26.2 Å². The molecule has 0 saturated carbocycles. The van der Waals surface area contributed by atoms with Crippen LogP contribution in [0.1, 0.15) is 26.2 Å². The summed E-state index contributed by atoms with van der Waals surface area (Å²) in [6.07, 6.45) is 2.70. The van der Waals surface area contributed by atoms with E-state index in [9.17, 15) is 4.79 Å². The second-order valence-electron chi connectivity index (χ2n) is 3.81. The van der Waals surface area contributed by atoms with Crippen LogP contribution >= 0.6 is 0 Å². The smallest absolute Gasteiger partial charge is 0.222 e. The highest BCUT2D eigenvalue weighted by Gasteiger charge is 2.34. The topological polar surface area (TPSA) is 46.3 Å². The van der Waals surface area contributed by atoms with Gasteiger partial charge in [0.2, 0.25) is 5.91 Å². The van der Waals surface area contributed by atoms with Gasteiger partial charge in [0.05, 0.1) is 0 Å². The standard InChI is InChI=1S/C9H18N2O/c1-3-9(6-10)5-4-8(12)11(2)7-9/h3-7,10H2,1-2H3. The third-order valence-electron chi connectivity index (χ3n) is 3.05. The Morgan fingerprint density at radius 1 is 1.67 bits per heavy atom. The lowest BCUT2D eigenvalue weighted by Crippen LogP contribution is -2.47. The summed E-state index contributed by atoms with van der Waals surface area (Å²) in [6.45, 7) is 3.68. The van der Waals surface area contributed by atoms with Crippen molar-refractivity contribution in [3.63, 3.8) is 0 Å². The van der Waals surface area contributed by atoms with Crippen molar-refractivity contribution in [1.29, 1.82) is 0 Å². The van der Waals surface area contributed by atoms with E-state index in [1.165, 1.54) is 0 Å². The highest BCUT2D eigenvalue weighted by atomic mass is 16.2. The van der Waals surface area contributed by atoms with Crippen molar-refractivity contribution in [2.75, 3.05) is 20.1 Å². The molecule has 1 amide bonds. The van der Waals surface area contributed by atoms with Crippen LogP contribution in [0.2, 0.25) is 0 Å². The zero-order valence-corrected chi connectivity index (χ0v) is 7.97. The minimum atomic E-state index is 0.197. The lowest BCUT2D eigenvalue weighted by molar-refractivity contribution is -0.135. The van der Waals surface area contributed by atoms with Gasteiger partial charge in [0.1, 0.15) is 0 Å². The number of nitrogens with two attached hydrogens (primary N) is 1. The first-order valence-corrected chi connectivity index (χ1v) is 4.57. The maximum atomic E-state index is 11.2. The predicted molar refractivity (Wildman–Crippen MR) is 48.6 cm³/mol. The third kappa shape index (κ3) is 1.61. The van der Waals surface area contributed by atoms with Crippen molar-refractivity contribution in [3.05, 3.63) is 0 Å². The molecule has 1 heterocycles. The molecule has 0 aliphatic carbocycles. The van der Waals surface area contributed by atoms with Crippen LogP contribution in [0, 0.1) is 5.41 Å². The number of hydrogen-bond acceptors (Lipinski definition) is 2. The molecule has 1 aliphatic heterocycles. The van der Waals surface area contributed by atoms with Gasteiger partial charge >= 0.3 is 0 Å². The number of carbonyl (C=O) groups is 1. The van der Waals surface area contributed by atoms with Gasteiger partial charge in [-0.3, -0.25) is 4.79 Å². The van der Waals surface area contributed by atoms with Crippen LogP contribution in [0.15, 0.2) is 0 Å². The van der Waals surface area contributed by atoms with Crippen LogP contribution in [0.25, 0.3) is 0 Å². The molecule has 0 aromatic carbocycles. The molecule has 2 N–H and O–H groups in total. The number of amides is 1. The molecule has 1 saturated heterocycles. The van der Waals surface area contributed by atoms with Gasteiger partial charge in [0.15, 0.2) is 0 Å². The molecule has 0 aromatic heterocycles. The van der Waals surface area contributed by atoms with Crippen molar-refractivity contribution in [2.24, 2.45) is 11.1 Å². The summed E-state index contributed by atoms with van der Waals surface area (Å²) >= 11 is 0. The summed E-state index contributed by atoms with van der Waals surface area (Å²) in [4.78, 5) is 13.0. The van der Waals surface area contributed by atoms with Gasteiger partial charge in [-0.15, -0.1) is 0 Å². The van der Waals surface area contributed by atoms with E-state index in [2.05, 4.69) is 6.92 Å². The summed E-state index contributed by atoms with van der Waals surface area (Å²) in [7, 11) is 1.86. The van der Waals surface area contributed by atoms with Crippen LogP contribution in [-0.2, 0) is 4.79 Å². The predicted octanol–water partition coefficient (Wildman–Crippen LogP) is 0.594. The Kier molecular flexibility index (Phi) is 2.73. The van der Waals surface area contributed by atoms with Gasteiger partial charge in [-0.25, -0.2) is 0 Å². The summed E-state index contributed by atoms with van der Waals surface area (Å²) in [5.74, 6) is 0.257. The van der Waals surface area contributed by atoms with Crippen LogP contribution in [0.5, 0.6) is 0 Å². The van der Waals surface area contributed by atoms with Gasteiger partial charge in [0, 0.05) is 25.4 Å². The largest absolute Gasteiger partial charge is 0.345 e. The van der Waals surface area contributed by atoms with Crippen LogP contribution in [0.3, 0.4) is 0 Å². The third-order valence-corrected chi connectivity index (χ3v) is 3.05. The van der Waals surface area contributed by atoms with E-state index in [1.54, 1.807) is 4.90 Å². The molecule has 0 aromatic rings. The van der Waals surface area contributed by atoms with Crippen molar-refractivity contribution in [3.8, 4) is 0 Å². The van der Waals surface area contributed by atoms with Gasteiger partial charge in [-0.05, 0) is 19.4 Å². The number of carbonyl (C=O) groups excluding carboxylic acids is 1. The van der Waals surface area contributed by atoms with E-state index in [0.29, 0.717) is 13.0 Å². The molecule has 70 valence electrons. The molecule has 12 heavy (non-hydrogen) atoms. The molecule has 3 nitrogen and oxygen atoms in total. The SMILES string of the molecule is CCC1(CN)CCC(=O)N(C)C1. The van der Waals surface area contributed by atoms with E-state index >= 15 is 0 Å². The van der Waals surface area contributed by atoms with E-state index in [1.807, 2.05) is 7.05 Å². The summed E-state index contributed by atoms with van der Waals surface area (Å²) in [5.41, 5.74) is 5.92. The maximum absolute atomic E-state index is 11.2. The molecule has 1 unspecified atom stereocenters. The fourth-order valence-electron chi connectivity index (χ4n) is 1.83. The summed E-state index contributed by atoms with van der Waals surface area (Å²) in [6, 6.07) is 0. The number of rotatable bonds is 2. The molecule has 1 atom stereocenters.